The normalized spacial score (nSPS) is 13.0. The van der Waals surface area contributed by atoms with Crippen LogP contribution < -0.4 is 5.73 Å². The van der Waals surface area contributed by atoms with Gasteiger partial charge in [0.1, 0.15) is 0 Å². The summed E-state index contributed by atoms with van der Waals surface area (Å²) in [5.41, 5.74) is 7.52. The summed E-state index contributed by atoms with van der Waals surface area (Å²) in [6, 6.07) is 6.26. The third-order valence-electron chi connectivity index (χ3n) is 3.40. The summed E-state index contributed by atoms with van der Waals surface area (Å²) in [7, 11) is 0. The van der Waals surface area contributed by atoms with Gasteiger partial charge in [-0.1, -0.05) is 60.3 Å². The van der Waals surface area contributed by atoms with E-state index in [2.05, 4.69) is 35.8 Å². The highest BCUT2D eigenvalue weighted by molar-refractivity contribution is 9.10. The fourth-order valence-electron chi connectivity index (χ4n) is 2.42. The van der Waals surface area contributed by atoms with Crippen LogP contribution in [0.1, 0.15) is 45.1 Å². The van der Waals surface area contributed by atoms with E-state index >= 15 is 0 Å². The van der Waals surface area contributed by atoms with Crippen molar-refractivity contribution >= 4 is 27.5 Å². The minimum absolute atomic E-state index is 0.212. The molecule has 0 saturated carbocycles. The monoisotopic (exact) mass is 331 g/mol. The van der Waals surface area contributed by atoms with Crippen molar-refractivity contribution in [2.45, 2.75) is 52.0 Å². The molecule has 0 bridgehead atoms. The molecular formula is C15H23BrClN. The molecule has 0 heterocycles. The zero-order valence-corrected chi connectivity index (χ0v) is 13.6. The highest BCUT2D eigenvalue weighted by Gasteiger charge is 2.17. The zero-order valence-electron chi connectivity index (χ0n) is 11.3. The molecule has 0 aromatic heterocycles. The predicted molar refractivity (Wildman–Crippen MR) is 84.1 cm³/mol. The lowest BCUT2D eigenvalue weighted by atomic mass is 9.87. The largest absolute Gasteiger partial charge is 0.327 e. The molecule has 1 aromatic rings. The third kappa shape index (κ3) is 4.91. The molecule has 0 fully saturated rings. The molecule has 0 saturated heterocycles. The van der Waals surface area contributed by atoms with Gasteiger partial charge < -0.3 is 5.73 Å². The van der Waals surface area contributed by atoms with Gasteiger partial charge in [0.15, 0.2) is 0 Å². The second-order valence-corrected chi connectivity index (χ2v) is 6.26. The van der Waals surface area contributed by atoms with Crippen molar-refractivity contribution in [1.82, 2.24) is 0 Å². The molecule has 1 rings (SSSR count). The molecule has 0 spiro atoms. The van der Waals surface area contributed by atoms with Crippen molar-refractivity contribution in [2.24, 2.45) is 11.7 Å². The fraction of sp³-hybridized carbons (Fsp3) is 0.600. The molecule has 0 radical (unpaired) electrons. The predicted octanol–water partition coefficient (Wildman–Crippen LogP) is 5.19. The number of hydrogen-bond acceptors (Lipinski definition) is 1. The quantitative estimate of drug-likeness (QED) is 0.730. The van der Waals surface area contributed by atoms with Gasteiger partial charge in [-0.3, -0.25) is 0 Å². The lowest BCUT2D eigenvalue weighted by Crippen LogP contribution is -2.32. The summed E-state index contributed by atoms with van der Waals surface area (Å²) >= 11 is 9.67. The molecule has 0 aliphatic heterocycles. The smallest absolute Gasteiger partial charge is 0.0449 e. The Morgan fingerprint density at radius 1 is 1.22 bits per heavy atom. The highest BCUT2D eigenvalue weighted by atomic mass is 79.9. The van der Waals surface area contributed by atoms with Crippen LogP contribution in [0.4, 0.5) is 0 Å². The number of nitrogens with two attached hydrogens (primary N) is 1. The van der Waals surface area contributed by atoms with Gasteiger partial charge in [0, 0.05) is 15.5 Å². The summed E-state index contributed by atoms with van der Waals surface area (Å²) in [4.78, 5) is 0. The van der Waals surface area contributed by atoms with E-state index in [9.17, 15) is 0 Å². The number of rotatable bonds is 7. The van der Waals surface area contributed by atoms with Crippen LogP contribution in [0.5, 0.6) is 0 Å². The highest BCUT2D eigenvalue weighted by Crippen LogP contribution is 2.25. The lowest BCUT2D eigenvalue weighted by molar-refractivity contribution is 0.360. The molecule has 18 heavy (non-hydrogen) atoms. The Labute approximate surface area is 124 Å². The van der Waals surface area contributed by atoms with Crippen LogP contribution in [0.15, 0.2) is 22.7 Å². The van der Waals surface area contributed by atoms with Gasteiger partial charge in [0.25, 0.3) is 0 Å². The van der Waals surface area contributed by atoms with E-state index in [-0.39, 0.29) is 6.04 Å². The Hall–Kier alpha value is -0.0500. The molecule has 0 aliphatic rings. The van der Waals surface area contributed by atoms with E-state index in [1.165, 1.54) is 25.7 Å². The van der Waals surface area contributed by atoms with Gasteiger partial charge in [-0.25, -0.2) is 0 Å². The van der Waals surface area contributed by atoms with Crippen LogP contribution in [0.3, 0.4) is 0 Å². The molecule has 1 aromatic carbocycles. The molecule has 2 N–H and O–H groups in total. The Kier molecular flexibility index (Phi) is 7.28. The Morgan fingerprint density at radius 2 is 1.83 bits per heavy atom. The molecule has 3 heteroatoms. The van der Waals surface area contributed by atoms with Crippen LogP contribution in [-0.4, -0.2) is 6.04 Å². The van der Waals surface area contributed by atoms with Gasteiger partial charge in [-0.05, 0) is 42.9 Å². The molecule has 0 aliphatic carbocycles. The van der Waals surface area contributed by atoms with E-state index in [0.717, 1.165) is 21.5 Å². The molecule has 102 valence electrons. The van der Waals surface area contributed by atoms with Gasteiger partial charge in [-0.15, -0.1) is 0 Å². The Balaban J connectivity index is 2.69. The first-order valence-corrected chi connectivity index (χ1v) is 7.95. The topological polar surface area (TPSA) is 26.0 Å². The van der Waals surface area contributed by atoms with Crippen molar-refractivity contribution in [2.75, 3.05) is 0 Å². The lowest BCUT2D eigenvalue weighted by Gasteiger charge is -2.23. The molecule has 1 unspecified atom stereocenters. The summed E-state index contributed by atoms with van der Waals surface area (Å²) in [6.45, 7) is 4.45. The molecular weight excluding hydrogens is 310 g/mol. The first-order chi connectivity index (χ1) is 8.58. The minimum atomic E-state index is 0.212. The summed E-state index contributed by atoms with van der Waals surface area (Å²) in [5.74, 6) is 0.611. The SMILES string of the molecule is CCCC(CCC)C(N)Cc1ccc(Br)cc1Cl. The van der Waals surface area contributed by atoms with Crippen LogP contribution in [0.2, 0.25) is 5.02 Å². The van der Waals surface area contributed by atoms with E-state index in [4.69, 9.17) is 17.3 Å². The molecule has 0 amide bonds. The summed E-state index contributed by atoms with van der Waals surface area (Å²) < 4.78 is 1.02. The Bertz CT molecular complexity index is 362. The zero-order chi connectivity index (χ0) is 13.5. The average molecular weight is 333 g/mol. The van der Waals surface area contributed by atoms with Crippen molar-refractivity contribution in [3.05, 3.63) is 33.3 Å². The van der Waals surface area contributed by atoms with E-state index in [1.54, 1.807) is 0 Å². The minimum Gasteiger partial charge on any atom is -0.327 e. The van der Waals surface area contributed by atoms with Crippen LogP contribution in [0, 0.1) is 5.92 Å². The number of hydrogen-bond donors (Lipinski definition) is 1. The summed E-state index contributed by atoms with van der Waals surface area (Å²) in [5, 5.41) is 0.812. The van der Waals surface area contributed by atoms with E-state index < -0.39 is 0 Å². The van der Waals surface area contributed by atoms with Gasteiger partial charge in [0.05, 0.1) is 0 Å². The fourth-order valence-corrected chi connectivity index (χ4v) is 3.17. The number of halogens is 2. The van der Waals surface area contributed by atoms with Gasteiger partial charge in [0.2, 0.25) is 0 Å². The van der Waals surface area contributed by atoms with Crippen molar-refractivity contribution < 1.29 is 0 Å². The first-order valence-electron chi connectivity index (χ1n) is 6.78. The average Bonchev–Trinajstić information content (AvgIpc) is 2.32. The van der Waals surface area contributed by atoms with Crippen LogP contribution in [0.25, 0.3) is 0 Å². The maximum atomic E-state index is 6.36. The second kappa shape index (κ2) is 8.19. The van der Waals surface area contributed by atoms with Crippen LogP contribution >= 0.6 is 27.5 Å². The summed E-state index contributed by atoms with van der Waals surface area (Å²) in [6.07, 6.45) is 5.70. The maximum Gasteiger partial charge on any atom is 0.0449 e. The van der Waals surface area contributed by atoms with Crippen molar-refractivity contribution in [3.8, 4) is 0 Å². The van der Waals surface area contributed by atoms with E-state index in [0.29, 0.717) is 5.92 Å². The van der Waals surface area contributed by atoms with E-state index in [1.807, 2.05) is 12.1 Å². The third-order valence-corrected chi connectivity index (χ3v) is 4.24. The maximum absolute atomic E-state index is 6.36. The first kappa shape index (κ1) is 16.0. The standard InChI is InChI=1S/C15H23BrClN/c1-3-5-11(6-4-2)15(18)9-12-7-8-13(16)10-14(12)17/h7-8,10-11,15H,3-6,9,18H2,1-2H3. The molecule has 1 nitrogen and oxygen atoms in total. The number of benzene rings is 1. The van der Waals surface area contributed by atoms with Crippen molar-refractivity contribution in [3.63, 3.8) is 0 Å². The molecule has 1 atom stereocenters. The van der Waals surface area contributed by atoms with Crippen molar-refractivity contribution in [1.29, 1.82) is 0 Å². The van der Waals surface area contributed by atoms with Gasteiger partial charge in [-0.2, -0.15) is 0 Å². The Morgan fingerprint density at radius 3 is 2.33 bits per heavy atom. The van der Waals surface area contributed by atoms with Crippen LogP contribution in [-0.2, 0) is 6.42 Å². The van der Waals surface area contributed by atoms with Gasteiger partial charge >= 0.3 is 0 Å². The second-order valence-electron chi connectivity index (χ2n) is 4.94.